The van der Waals surface area contributed by atoms with Crippen LogP contribution in [-0.2, 0) is 14.3 Å². The number of rotatable bonds is 5. The molecule has 0 saturated carbocycles. The molecule has 0 bridgehead atoms. The zero-order valence-electron chi connectivity index (χ0n) is 8.26. The lowest BCUT2D eigenvalue weighted by Gasteiger charge is -2.02. The van der Waals surface area contributed by atoms with Gasteiger partial charge in [0.1, 0.15) is 0 Å². The van der Waals surface area contributed by atoms with Crippen LogP contribution in [0.3, 0.4) is 0 Å². The van der Waals surface area contributed by atoms with Crippen molar-refractivity contribution in [1.29, 1.82) is 0 Å². The molecule has 0 aliphatic heterocycles. The molecule has 0 spiro atoms. The van der Waals surface area contributed by atoms with Crippen molar-refractivity contribution in [3.8, 4) is 0 Å². The molecule has 13 heavy (non-hydrogen) atoms. The number of ether oxygens (including phenoxy) is 1. The van der Waals surface area contributed by atoms with E-state index in [0.29, 0.717) is 6.54 Å². The maximum Gasteiger partial charge on any atom is 0.396 e. The van der Waals surface area contributed by atoms with Crippen LogP contribution in [0, 0.1) is 0 Å². The highest BCUT2D eigenvalue weighted by molar-refractivity contribution is 6.32. The van der Waals surface area contributed by atoms with Gasteiger partial charge in [0, 0.05) is 6.54 Å². The fourth-order valence-corrected chi connectivity index (χ4v) is 0.919. The molecule has 0 rings (SSSR count). The number of hydrogen-bond donors (Lipinski definition) is 1. The predicted octanol–water partition coefficient (Wildman–Crippen LogP) is 0.856. The standard InChI is InChI=1S/C9H17NO3/c1-3-4-5-6-7-10-8(11)9(12)13-2/h3-7H2,1-2H3,(H,10,11). The monoisotopic (exact) mass is 187 g/mol. The third-order valence-electron chi connectivity index (χ3n) is 1.69. The minimum atomic E-state index is -0.824. The number of nitrogens with one attached hydrogen (secondary N) is 1. The lowest BCUT2D eigenvalue weighted by molar-refractivity contribution is -0.152. The van der Waals surface area contributed by atoms with Crippen molar-refractivity contribution in [1.82, 2.24) is 5.32 Å². The molecule has 0 atom stereocenters. The van der Waals surface area contributed by atoms with Crippen molar-refractivity contribution < 1.29 is 14.3 Å². The van der Waals surface area contributed by atoms with Crippen LogP contribution in [-0.4, -0.2) is 25.5 Å². The Kier molecular flexibility index (Phi) is 6.96. The second kappa shape index (κ2) is 7.58. The first-order chi connectivity index (χ1) is 6.22. The zero-order chi connectivity index (χ0) is 10.1. The van der Waals surface area contributed by atoms with Gasteiger partial charge in [-0.25, -0.2) is 4.79 Å². The lowest BCUT2D eigenvalue weighted by Crippen LogP contribution is -2.32. The molecule has 0 fully saturated rings. The van der Waals surface area contributed by atoms with Gasteiger partial charge in [0.05, 0.1) is 7.11 Å². The fourth-order valence-electron chi connectivity index (χ4n) is 0.919. The summed E-state index contributed by atoms with van der Waals surface area (Å²) in [5.41, 5.74) is 0. The zero-order valence-corrected chi connectivity index (χ0v) is 8.26. The summed E-state index contributed by atoms with van der Waals surface area (Å²) in [6.45, 7) is 2.67. The maximum absolute atomic E-state index is 10.8. The van der Waals surface area contributed by atoms with E-state index >= 15 is 0 Å². The summed E-state index contributed by atoms with van der Waals surface area (Å²) in [5, 5.41) is 2.48. The van der Waals surface area contributed by atoms with Gasteiger partial charge in [0.25, 0.3) is 0 Å². The first-order valence-corrected chi connectivity index (χ1v) is 4.58. The summed E-state index contributed by atoms with van der Waals surface area (Å²) in [6.07, 6.45) is 4.31. The lowest BCUT2D eigenvalue weighted by atomic mass is 10.2. The summed E-state index contributed by atoms with van der Waals surface area (Å²) < 4.78 is 4.24. The van der Waals surface area contributed by atoms with Gasteiger partial charge in [0.15, 0.2) is 0 Å². The number of unbranched alkanes of at least 4 members (excludes halogenated alkanes) is 3. The molecule has 0 aliphatic carbocycles. The maximum atomic E-state index is 10.8. The summed E-state index contributed by atoms with van der Waals surface area (Å²) in [6, 6.07) is 0. The molecule has 0 radical (unpaired) electrons. The Morgan fingerprint density at radius 2 is 1.92 bits per heavy atom. The Bertz CT molecular complexity index is 168. The molecule has 0 aromatic carbocycles. The Morgan fingerprint density at radius 3 is 2.46 bits per heavy atom. The molecule has 1 N–H and O–H groups in total. The van der Waals surface area contributed by atoms with E-state index in [4.69, 9.17) is 0 Å². The highest BCUT2D eigenvalue weighted by Gasteiger charge is 2.11. The Hall–Kier alpha value is -1.06. The molecule has 4 heteroatoms. The summed E-state index contributed by atoms with van der Waals surface area (Å²) >= 11 is 0. The second-order valence-electron chi connectivity index (χ2n) is 2.81. The van der Waals surface area contributed by atoms with Gasteiger partial charge in [-0.05, 0) is 6.42 Å². The van der Waals surface area contributed by atoms with Crippen LogP contribution in [0.25, 0.3) is 0 Å². The van der Waals surface area contributed by atoms with Gasteiger partial charge in [0.2, 0.25) is 0 Å². The molecule has 0 aliphatic rings. The smallest absolute Gasteiger partial charge is 0.396 e. The summed E-state index contributed by atoms with van der Waals surface area (Å²) in [4.78, 5) is 21.4. The van der Waals surface area contributed by atoms with E-state index in [1.165, 1.54) is 7.11 Å². The van der Waals surface area contributed by atoms with Gasteiger partial charge in [-0.1, -0.05) is 26.2 Å². The average Bonchev–Trinajstić information content (AvgIpc) is 2.16. The van der Waals surface area contributed by atoms with Crippen molar-refractivity contribution in [2.75, 3.05) is 13.7 Å². The number of esters is 1. The van der Waals surface area contributed by atoms with Gasteiger partial charge in [-0.2, -0.15) is 0 Å². The van der Waals surface area contributed by atoms with E-state index in [2.05, 4.69) is 17.0 Å². The van der Waals surface area contributed by atoms with Crippen LogP contribution in [0.2, 0.25) is 0 Å². The Balaban J connectivity index is 3.32. The third-order valence-corrected chi connectivity index (χ3v) is 1.69. The summed E-state index contributed by atoms with van der Waals surface area (Å²) in [7, 11) is 1.19. The van der Waals surface area contributed by atoms with Crippen molar-refractivity contribution in [2.45, 2.75) is 32.6 Å². The molecule has 76 valence electrons. The van der Waals surface area contributed by atoms with Crippen LogP contribution < -0.4 is 5.32 Å². The van der Waals surface area contributed by atoms with Gasteiger partial charge < -0.3 is 10.1 Å². The van der Waals surface area contributed by atoms with Crippen LogP contribution in [0.15, 0.2) is 0 Å². The summed E-state index contributed by atoms with van der Waals surface area (Å²) in [5.74, 6) is -1.48. The van der Waals surface area contributed by atoms with E-state index < -0.39 is 11.9 Å². The molecule has 4 nitrogen and oxygen atoms in total. The normalized spacial score (nSPS) is 9.38. The van der Waals surface area contributed by atoms with Crippen LogP contribution in [0.1, 0.15) is 32.6 Å². The molecule has 1 amide bonds. The van der Waals surface area contributed by atoms with E-state index in [9.17, 15) is 9.59 Å². The first kappa shape index (κ1) is 11.9. The second-order valence-corrected chi connectivity index (χ2v) is 2.81. The average molecular weight is 187 g/mol. The van der Waals surface area contributed by atoms with Gasteiger partial charge in [-0.3, -0.25) is 4.79 Å². The van der Waals surface area contributed by atoms with Crippen LogP contribution in [0.4, 0.5) is 0 Å². The SMILES string of the molecule is CCCCCCNC(=O)C(=O)OC. The predicted molar refractivity (Wildman–Crippen MR) is 49.2 cm³/mol. The van der Waals surface area contributed by atoms with Gasteiger partial charge >= 0.3 is 11.9 Å². The molecule has 0 aromatic rings. The molecule has 0 heterocycles. The van der Waals surface area contributed by atoms with Crippen molar-refractivity contribution >= 4 is 11.9 Å². The van der Waals surface area contributed by atoms with E-state index in [-0.39, 0.29) is 0 Å². The highest BCUT2D eigenvalue weighted by atomic mass is 16.5. The number of carbonyl (C=O) groups is 2. The number of methoxy groups -OCH3 is 1. The molecule has 0 aromatic heterocycles. The minimum Gasteiger partial charge on any atom is -0.462 e. The van der Waals surface area contributed by atoms with Crippen molar-refractivity contribution in [3.63, 3.8) is 0 Å². The number of amides is 1. The van der Waals surface area contributed by atoms with E-state index in [1.807, 2.05) is 0 Å². The fraction of sp³-hybridized carbons (Fsp3) is 0.778. The molecular weight excluding hydrogens is 170 g/mol. The topological polar surface area (TPSA) is 55.4 Å². The van der Waals surface area contributed by atoms with Crippen LogP contribution >= 0.6 is 0 Å². The van der Waals surface area contributed by atoms with E-state index in [1.54, 1.807) is 0 Å². The Labute approximate surface area is 78.6 Å². The first-order valence-electron chi connectivity index (χ1n) is 4.58. The quantitative estimate of drug-likeness (QED) is 0.394. The van der Waals surface area contributed by atoms with Gasteiger partial charge in [-0.15, -0.1) is 0 Å². The van der Waals surface area contributed by atoms with Crippen LogP contribution in [0.5, 0.6) is 0 Å². The van der Waals surface area contributed by atoms with Crippen molar-refractivity contribution in [3.05, 3.63) is 0 Å². The third kappa shape index (κ3) is 6.13. The van der Waals surface area contributed by atoms with E-state index in [0.717, 1.165) is 25.7 Å². The van der Waals surface area contributed by atoms with Crippen molar-refractivity contribution in [2.24, 2.45) is 0 Å². The minimum absolute atomic E-state index is 0.550. The number of hydrogen-bond acceptors (Lipinski definition) is 3. The number of carbonyl (C=O) groups excluding carboxylic acids is 2. The molecule has 0 saturated heterocycles. The largest absolute Gasteiger partial charge is 0.462 e. The molecule has 0 unspecified atom stereocenters. The Morgan fingerprint density at radius 1 is 1.23 bits per heavy atom. The molecular formula is C9H17NO3. The highest BCUT2D eigenvalue weighted by Crippen LogP contribution is 1.96.